The number of rotatable bonds is 7. The Balaban J connectivity index is 1.83. The Hall–Kier alpha value is -1.67. The fourth-order valence-electron chi connectivity index (χ4n) is 3.07. The molecule has 0 aromatic rings. The van der Waals surface area contributed by atoms with E-state index in [1.807, 2.05) is 4.90 Å². The summed E-state index contributed by atoms with van der Waals surface area (Å²) in [5, 5.41) is 14.6. The third-order valence-corrected chi connectivity index (χ3v) is 4.50. The van der Waals surface area contributed by atoms with Crippen molar-refractivity contribution in [3.8, 4) is 0 Å². The molecule has 0 radical (unpaired) electrons. The Bertz CT molecular complexity index is 460. The highest BCUT2D eigenvalue weighted by molar-refractivity contribution is 6.07. The third-order valence-electron chi connectivity index (χ3n) is 4.50. The highest BCUT2D eigenvalue weighted by Gasteiger charge is 2.52. The van der Waals surface area contributed by atoms with Crippen molar-refractivity contribution in [2.24, 2.45) is 0 Å². The average Bonchev–Trinajstić information content (AvgIpc) is 2.75. The van der Waals surface area contributed by atoms with Gasteiger partial charge in [-0.3, -0.25) is 19.4 Å². The Morgan fingerprint density at radius 1 is 1.35 bits per heavy atom. The molecule has 0 aliphatic carbocycles. The molecular formula is C15H26N4O4. The summed E-state index contributed by atoms with van der Waals surface area (Å²) in [6.45, 7) is 4.04. The van der Waals surface area contributed by atoms with E-state index in [4.69, 9.17) is 5.11 Å². The number of aliphatic hydroxyl groups excluding tert-OH is 1. The van der Waals surface area contributed by atoms with Gasteiger partial charge in [-0.25, -0.2) is 4.79 Å². The second-order valence-electron chi connectivity index (χ2n) is 6.17. The molecule has 2 heterocycles. The predicted octanol–water partition coefficient (Wildman–Crippen LogP) is -0.719. The molecule has 23 heavy (non-hydrogen) atoms. The van der Waals surface area contributed by atoms with E-state index in [2.05, 4.69) is 17.6 Å². The summed E-state index contributed by atoms with van der Waals surface area (Å²) in [7, 11) is 0. The molecule has 2 rings (SSSR count). The number of amides is 4. The van der Waals surface area contributed by atoms with Gasteiger partial charge in [0, 0.05) is 19.6 Å². The Kier molecular flexibility index (Phi) is 5.95. The van der Waals surface area contributed by atoms with Crippen molar-refractivity contribution in [3.05, 3.63) is 0 Å². The molecule has 2 aliphatic rings. The number of carbonyl (C=O) groups is 3. The van der Waals surface area contributed by atoms with Crippen molar-refractivity contribution >= 4 is 17.8 Å². The summed E-state index contributed by atoms with van der Waals surface area (Å²) < 4.78 is 0. The molecule has 8 heteroatoms. The van der Waals surface area contributed by atoms with Gasteiger partial charge in [0.15, 0.2) is 0 Å². The largest absolute Gasteiger partial charge is 0.395 e. The summed E-state index contributed by atoms with van der Waals surface area (Å²) in [4.78, 5) is 39.2. The lowest BCUT2D eigenvalue weighted by Crippen LogP contribution is -2.56. The SMILES string of the molecule is CCCCNC(=O)CN1CCC2(CC1)NC(=O)N(CCO)C2=O. The van der Waals surface area contributed by atoms with Gasteiger partial charge < -0.3 is 15.7 Å². The van der Waals surface area contributed by atoms with Crippen molar-refractivity contribution in [2.45, 2.75) is 38.1 Å². The Labute approximate surface area is 136 Å². The summed E-state index contributed by atoms with van der Waals surface area (Å²) >= 11 is 0. The van der Waals surface area contributed by atoms with Crippen LogP contribution in [-0.2, 0) is 9.59 Å². The molecule has 2 aliphatic heterocycles. The van der Waals surface area contributed by atoms with Crippen LogP contribution in [0.4, 0.5) is 4.79 Å². The van der Waals surface area contributed by atoms with Gasteiger partial charge in [-0.05, 0) is 19.3 Å². The molecule has 3 N–H and O–H groups in total. The van der Waals surface area contributed by atoms with Gasteiger partial charge in [-0.2, -0.15) is 0 Å². The van der Waals surface area contributed by atoms with Crippen LogP contribution in [-0.4, -0.2) is 77.6 Å². The monoisotopic (exact) mass is 326 g/mol. The van der Waals surface area contributed by atoms with Crippen LogP contribution in [0.25, 0.3) is 0 Å². The molecule has 4 amide bonds. The molecule has 130 valence electrons. The molecule has 1 spiro atoms. The van der Waals surface area contributed by atoms with Gasteiger partial charge in [-0.15, -0.1) is 0 Å². The molecule has 0 saturated carbocycles. The number of likely N-dealkylation sites (tertiary alicyclic amines) is 1. The normalized spacial score (nSPS) is 20.9. The number of nitrogens with one attached hydrogen (secondary N) is 2. The maximum Gasteiger partial charge on any atom is 0.325 e. The standard InChI is InChI=1S/C15H26N4O4/c1-2-3-6-16-12(21)11-18-7-4-15(5-8-18)13(22)19(9-10-20)14(23)17-15/h20H,2-11H2,1H3,(H,16,21)(H,17,23). The maximum absolute atomic E-state index is 12.4. The lowest BCUT2D eigenvalue weighted by atomic mass is 9.87. The summed E-state index contributed by atoms with van der Waals surface area (Å²) in [5.41, 5.74) is -0.860. The molecule has 0 bridgehead atoms. The van der Waals surface area contributed by atoms with Crippen LogP contribution in [0.5, 0.6) is 0 Å². The quantitative estimate of drug-likeness (QED) is 0.423. The number of β-amino-alcohol motifs (C(OH)–C–C–N with tert-alkyl or cyclic N) is 1. The van der Waals surface area contributed by atoms with E-state index < -0.39 is 11.6 Å². The number of aliphatic hydroxyl groups is 1. The van der Waals surface area contributed by atoms with Crippen molar-refractivity contribution in [1.82, 2.24) is 20.4 Å². The van der Waals surface area contributed by atoms with Crippen LogP contribution in [0.15, 0.2) is 0 Å². The predicted molar refractivity (Wildman–Crippen MR) is 83.7 cm³/mol. The second-order valence-corrected chi connectivity index (χ2v) is 6.17. The summed E-state index contributed by atoms with van der Waals surface area (Å²) in [5.74, 6) is -0.262. The van der Waals surface area contributed by atoms with Crippen molar-refractivity contribution < 1.29 is 19.5 Å². The highest BCUT2D eigenvalue weighted by atomic mass is 16.3. The van der Waals surface area contributed by atoms with Crippen molar-refractivity contribution in [2.75, 3.05) is 39.3 Å². The second kappa shape index (κ2) is 7.74. The number of unbranched alkanes of at least 4 members (excludes halogenated alkanes) is 1. The number of imide groups is 1. The molecular weight excluding hydrogens is 300 g/mol. The fourth-order valence-corrected chi connectivity index (χ4v) is 3.07. The summed E-state index contributed by atoms with van der Waals surface area (Å²) in [6.07, 6.45) is 2.98. The number of hydrogen-bond donors (Lipinski definition) is 3. The Morgan fingerprint density at radius 2 is 2.04 bits per heavy atom. The van der Waals surface area contributed by atoms with E-state index in [0.29, 0.717) is 39.0 Å². The Morgan fingerprint density at radius 3 is 2.65 bits per heavy atom. The minimum Gasteiger partial charge on any atom is -0.395 e. The van der Waals surface area contributed by atoms with Crippen LogP contribution in [0, 0.1) is 0 Å². The van der Waals surface area contributed by atoms with Crippen molar-refractivity contribution in [1.29, 1.82) is 0 Å². The van der Waals surface area contributed by atoms with Gasteiger partial charge in [0.25, 0.3) is 5.91 Å². The van der Waals surface area contributed by atoms with Crippen LogP contribution in [0.3, 0.4) is 0 Å². The number of nitrogens with zero attached hydrogens (tertiary/aromatic N) is 2. The fraction of sp³-hybridized carbons (Fsp3) is 0.800. The first-order chi connectivity index (χ1) is 11.0. The van der Waals surface area contributed by atoms with Gasteiger partial charge in [-0.1, -0.05) is 13.3 Å². The van der Waals surface area contributed by atoms with E-state index >= 15 is 0 Å². The van der Waals surface area contributed by atoms with Gasteiger partial charge in [0.2, 0.25) is 5.91 Å². The van der Waals surface area contributed by atoms with Crippen LogP contribution >= 0.6 is 0 Å². The molecule has 0 aromatic carbocycles. The zero-order valence-electron chi connectivity index (χ0n) is 13.6. The minimum absolute atomic E-state index is 0.00177. The first-order valence-corrected chi connectivity index (χ1v) is 8.26. The molecule has 0 aromatic heterocycles. The number of piperidine rings is 1. The lowest BCUT2D eigenvalue weighted by Gasteiger charge is -2.36. The smallest absolute Gasteiger partial charge is 0.325 e. The highest BCUT2D eigenvalue weighted by Crippen LogP contribution is 2.29. The number of urea groups is 1. The zero-order chi connectivity index (χ0) is 16.9. The molecule has 0 atom stereocenters. The van der Waals surface area contributed by atoms with E-state index in [1.54, 1.807) is 0 Å². The number of hydrogen-bond acceptors (Lipinski definition) is 5. The van der Waals surface area contributed by atoms with Gasteiger partial charge in [0.1, 0.15) is 5.54 Å². The average molecular weight is 326 g/mol. The zero-order valence-corrected chi connectivity index (χ0v) is 13.6. The van der Waals surface area contributed by atoms with Gasteiger partial charge in [0.05, 0.1) is 19.7 Å². The molecule has 0 unspecified atom stereocenters. The third kappa shape index (κ3) is 4.00. The van der Waals surface area contributed by atoms with E-state index in [9.17, 15) is 14.4 Å². The lowest BCUT2D eigenvalue weighted by molar-refractivity contribution is -0.133. The van der Waals surface area contributed by atoms with Crippen LogP contribution < -0.4 is 10.6 Å². The topological polar surface area (TPSA) is 102 Å². The number of carbonyl (C=O) groups excluding carboxylic acids is 3. The first-order valence-electron chi connectivity index (χ1n) is 8.26. The first kappa shape index (κ1) is 17.7. The minimum atomic E-state index is -0.860. The molecule has 2 fully saturated rings. The van der Waals surface area contributed by atoms with Crippen LogP contribution in [0.2, 0.25) is 0 Å². The van der Waals surface area contributed by atoms with E-state index in [1.165, 1.54) is 0 Å². The maximum atomic E-state index is 12.4. The summed E-state index contributed by atoms with van der Waals surface area (Å²) in [6, 6.07) is -0.435. The van der Waals surface area contributed by atoms with E-state index in [-0.39, 0.29) is 25.0 Å². The van der Waals surface area contributed by atoms with Crippen molar-refractivity contribution in [3.63, 3.8) is 0 Å². The molecule has 2 saturated heterocycles. The van der Waals surface area contributed by atoms with Gasteiger partial charge >= 0.3 is 6.03 Å². The molecule has 8 nitrogen and oxygen atoms in total. The van der Waals surface area contributed by atoms with Crippen LogP contribution in [0.1, 0.15) is 32.6 Å². The van der Waals surface area contributed by atoms with E-state index in [0.717, 1.165) is 17.7 Å².